The van der Waals surface area contributed by atoms with Gasteiger partial charge in [0, 0.05) is 19.0 Å². The molecule has 1 aliphatic carbocycles. The molecule has 1 amide bonds. The molecule has 1 aliphatic heterocycles. The molecule has 1 saturated carbocycles. The lowest BCUT2D eigenvalue weighted by molar-refractivity contribution is -0.119. The van der Waals surface area contributed by atoms with Gasteiger partial charge in [0.25, 0.3) is 0 Å². The summed E-state index contributed by atoms with van der Waals surface area (Å²) in [6.07, 6.45) is 3.78. The van der Waals surface area contributed by atoms with E-state index in [2.05, 4.69) is 5.32 Å². The van der Waals surface area contributed by atoms with Crippen molar-refractivity contribution >= 4 is 21.6 Å². The van der Waals surface area contributed by atoms with E-state index < -0.39 is 10.0 Å². The van der Waals surface area contributed by atoms with Gasteiger partial charge in [0.2, 0.25) is 15.9 Å². The fraction of sp³-hybridized carbons (Fsp3) is 0.409. The number of amides is 1. The van der Waals surface area contributed by atoms with Crippen molar-refractivity contribution in [2.24, 2.45) is 5.92 Å². The molecule has 0 atom stereocenters. The van der Waals surface area contributed by atoms with Crippen LogP contribution >= 0.6 is 0 Å². The minimum atomic E-state index is -3.68. The van der Waals surface area contributed by atoms with Gasteiger partial charge in [0.1, 0.15) is 5.75 Å². The zero-order valence-corrected chi connectivity index (χ0v) is 17.6. The quantitative estimate of drug-likeness (QED) is 0.757. The normalized spacial score (nSPS) is 18.3. The van der Waals surface area contributed by atoms with Crippen molar-refractivity contribution in [1.29, 1.82) is 0 Å². The van der Waals surface area contributed by atoms with Crippen LogP contribution in [0.4, 0.5) is 5.69 Å². The average molecular weight is 431 g/mol. The summed E-state index contributed by atoms with van der Waals surface area (Å²) in [6, 6.07) is 13.8. The first-order valence-corrected chi connectivity index (χ1v) is 11.7. The lowest BCUT2D eigenvalue weighted by atomic mass is 10.1. The van der Waals surface area contributed by atoms with Crippen LogP contribution in [0, 0.1) is 5.92 Å². The van der Waals surface area contributed by atoms with Crippen LogP contribution in [0.2, 0.25) is 0 Å². The Balaban J connectivity index is 1.65. The van der Waals surface area contributed by atoms with Crippen molar-refractivity contribution < 1.29 is 22.7 Å². The number of hydrogen-bond acceptors (Lipinski definition) is 5. The first kappa shape index (κ1) is 20.8. The van der Waals surface area contributed by atoms with Gasteiger partial charge in [0.05, 0.1) is 23.8 Å². The zero-order valence-electron chi connectivity index (χ0n) is 16.7. The highest BCUT2D eigenvalue weighted by Gasteiger charge is 2.28. The van der Waals surface area contributed by atoms with Crippen LogP contribution in [0.1, 0.15) is 25.7 Å². The smallest absolute Gasteiger partial charge is 0.243 e. The number of ether oxygens (including phenoxy) is 2. The van der Waals surface area contributed by atoms with E-state index in [1.807, 2.05) is 18.2 Å². The molecule has 0 bridgehead atoms. The molecule has 1 heterocycles. The van der Waals surface area contributed by atoms with Crippen LogP contribution in [0.5, 0.6) is 11.5 Å². The van der Waals surface area contributed by atoms with Crippen molar-refractivity contribution in [3.05, 3.63) is 48.5 Å². The van der Waals surface area contributed by atoms with Gasteiger partial charge in [-0.2, -0.15) is 4.31 Å². The molecule has 0 unspecified atom stereocenters. The molecule has 0 radical (unpaired) electrons. The van der Waals surface area contributed by atoms with Gasteiger partial charge in [-0.05, 0) is 43.2 Å². The van der Waals surface area contributed by atoms with Crippen molar-refractivity contribution in [2.75, 3.05) is 31.6 Å². The average Bonchev–Trinajstić information content (AvgIpc) is 3.31. The van der Waals surface area contributed by atoms with Gasteiger partial charge < -0.3 is 14.8 Å². The van der Waals surface area contributed by atoms with Crippen molar-refractivity contribution in [1.82, 2.24) is 4.31 Å². The number of nitrogens with zero attached hydrogens (tertiary/aromatic N) is 1. The molecule has 8 heteroatoms. The number of benzene rings is 2. The number of hydrogen-bond donors (Lipinski definition) is 1. The van der Waals surface area contributed by atoms with Crippen LogP contribution in [0.15, 0.2) is 53.4 Å². The summed E-state index contributed by atoms with van der Waals surface area (Å²) in [5, 5.41) is 2.92. The zero-order chi connectivity index (χ0) is 21.0. The van der Waals surface area contributed by atoms with E-state index in [1.165, 1.54) is 16.4 Å². The standard InChI is InChI=1S/C22H26N2O5S/c25-22(17-6-4-5-7-17)23-20-16-19(30(26,27)24-12-14-28-15-13-24)10-11-21(20)29-18-8-2-1-3-9-18/h1-3,8-11,16-17H,4-7,12-15H2,(H,23,25). The van der Waals surface area contributed by atoms with E-state index in [4.69, 9.17) is 9.47 Å². The third-order valence-electron chi connectivity index (χ3n) is 5.51. The molecule has 160 valence electrons. The third-order valence-corrected chi connectivity index (χ3v) is 7.41. The minimum Gasteiger partial charge on any atom is -0.455 e. The Bertz CT molecular complexity index is 982. The second kappa shape index (κ2) is 9.16. The molecule has 2 aromatic carbocycles. The summed E-state index contributed by atoms with van der Waals surface area (Å²) in [5.41, 5.74) is 0.366. The van der Waals surface area contributed by atoms with Crippen molar-refractivity contribution in [3.8, 4) is 11.5 Å². The van der Waals surface area contributed by atoms with Gasteiger partial charge in [0.15, 0.2) is 5.75 Å². The number of morpholine rings is 1. The van der Waals surface area contributed by atoms with Gasteiger partial charge in [-0.15, -0.1) is 0 Å². The Morgan fingerprint density at radius 3 is 2.43 bits per heavy atom. The predicted molar refractivity (Wildman–Crippen MR) is 113 cm³/mol. The Kier molecular flexibility index (Phi) is 6.36. The highest BCUT2D eigenvalue weighted by Crippen LogP contribution is 2.34. The second-order valence-electron chi connectivity index (χ2n) is 7.56. The summed E-state index contributed by atoms with van der Waals surface area (Å²) >= 11 is 0. The largest absolute Gasteiger partial charge is 0.455 e. The second-order valence-corrected chi connectivity index (χ2v) is 9.50. The topological polar surface area (TPSA) is 84.9 Å². The van der Waals surface area contributed by atoms with E-state index in [-0.39, 0.29) is 16.7 Å². The highest BCUT2D eigenvalue weighted by molar-refractivity contribution is 7.89. The summed E-state index contributed by atoms with van der Waals surface area (Å²) < 4.78 is 38.8. The lowest BCUT2D eigenvalue weighted by Gasteiger charge is -2.26. The fourth-order valence-electron chi connectivity index (χ4n) is 3.83. The Morgan fingerprint density at radius 2 is 1.73 bits per heavy atom. The number of para-hydroxylation sites is 1. The fourth-order valence-corrected chi connectivity index (χ4v) is 5.27. The number of nitrogens with one attached hydrogen (secondary N) is 1. The maximum atomic E-state index is 13.1. The van der Waals surface area contributed by atoms with E-state index in [0.29, 0.717) is 43.5 Å². The van der Waals surface area contributed by atoms with Gasteiger partial charge in [-0.1, -0.05) is 31.0 Å². The molecule has 0 spiro atoms. The monoisotopic (exact) mass is 430 g/mol. The number of sulfonamides is 1. The Hall–Kier alpha value is -2.42. The molecule has 2 aromatic rings. The molecule has 1 N–H and O–H groups in total. The van der Waals surface area contributed by atoms with E-state index in [0.717, 1.165) is 25.7 Å². The van der Waals surface area contributed by atoms with E-state index in [1.54, 1.807) is 18.2 Å². The first-order valence-electron chi connectivity index (χ1n) is 10.3. The molecule has 7 nitrogen and oxygen atoms in total. The molecular weight excluding hydrogens is 404 g/mol. The van der Waals surface area contributed by atoms with Crippen LogP contribution in [-0.4, -0.2) is 44.9 Å². The number of anilines is 1. The van der Waals surface area contributed by atoms with Crippen LogP contribution in [0.25, 0.3) is 0 Å². The van der Waals surface area contributed by atoms with Crippen LogP contribution < -0.4 is 10.1 Å². The number of carbonyl (C=O) groups excluding carboxylic acids is 1. The van der Waals surface area contributed by atoms with Crippen molar-refractivity contribution in [3.63, 3.8) is 0 Å². The van der Waals surface area contributed by atoms with Gasteiger partial charge >= 0.3 is 0 Å². The van der Waals surface area contributed by atoms with Crippen LogP contribution in [0.3, 0.4) is 0 Å². The van der Waals surface area contributed by atoms with E-state index >= 15 is 0 Å². The Morgan fingerprint density at radius 1 is 1.03 bits per heavy atom. The van der Waals surface area contributed by atoms with Crippen LogP contribution in [-0.2, 0) is 19.6 Å². The predicted octanol–water partition coefficient (Wildman–Crippen LogP) is 3.63. The summed E-state index contributed by atoms with van der Waals surface area (Å²) in [5.74, 6) is 0.881. The van der Waals surface area contributed by atoms with Gasteiger partial charge in [-0.3, -0.25) is 4.79 Å². The SMILES string of the molecule is O=C(Nc1cc(S(=O)(=O)N2CCOCC2)ccc1Oc1ccccc1)C1CCCC1. The molecule has 30 heavy (non-hydrogen) atoms. The molecular formula is C22H26N2O5S. The Labute approximate surface area is 177 Å². The molecule has 0 aromatic heterocycles. The summed E-state index contributed by atoms with van der Waals surface area (Å²) in [4.78, 5) is 12.9. The third kappa shape index (κ3) is 4.66. The highest BCUT2D eigenvalue weighted by atomic mass is 32.2. The maximum Gasteiger partial charge on any atom is 0.243 e. The molecule has 4 rings (SSSR count). The maximum absolute atomic E-state index is 13.1. The summed E-state index contributed by atoms with van der Waals surface area (Å²) in [6.45, 7) is 1.38. The molecule has 2 fully saturated rings. The minimum absolute atomic E-state index is 0.0471. The van der Waals surface area contributed by atoms with E-state index in [9.17, 15) is 13.2 Å². The number of rotatable bonds is 6. The van der Waals surface area contributed by atoms with Crippen molar-refractivity contribution in [2.45, 2.75) is 30.6 Å². The molecule has 2 aliphatic rings. The summed E-state index contributed by atoms with van der Waals surface area (Å²) in [7, 11) is -3.68. The lowest BCUT2D eigenvalue weighted by Crippen LogP contribution is -2.40. The first-order chi connectivity index (χ1) is 14.5. The van der Waals surface area contributed by atoms with Gasteiger partial charge in [-0.25, -0.2) is 8.42 Å². The molecule has 1 saturated heterocycles. The number of carbonyl (C=O) groups is 1.